The third kappa shape index (κ3) is 3.12. The lowest BCUT2D eigenvalue weighted by Gasteiger charge is -2.01. The Kier molecular flexibility index (Phi) is 4.52. The van der Waals surface area contributed by atoms with Crippen molar-refractivity contribution in [3.8, 4) is 11.5 Å². The maximum atomic E-state index is 13.7. The van der Waals surface area contributed by atoms with Gasteiger partial charge in [-0.05, 0) is 18.6 Å². The minimum absolute atomic E-state index is 0.209. The highest BCUT2D eigenvalue weighted by atomic mass is 79.9. The third-order valence-corrected chi connectivity index (χ3v) is 3.36. The third-order valence-electron chi connectivity index (χ3n) is 2.48. The lowest BCUT2D eigenvalue weighted by atomic mass is 10.2. The second kappa shape index (κ2) is 5.96. The van der Waals surface area contributed by atoms with E-state index in [4.69, 9.17) is 16.1 Å². The fourth-order valence-corrected chi connectivity index (χ4v) is 2.30. The van der Waals surface area contributed by atoms with Gasteiger partial charge in [-0.2, -0.15) is 4.98 Å². The molecule has 0 aliphatic carbocycles. The Morgan fingerprint density at radius 1 is 1.37 bits per heavy atom. The second-order valence-corrected chi connectivity index (χ2v) is 5.40. The van der Waals surface area contributed by atoms with Crippen molar-refractivity contribution in [3.05, 3.63) is 34.1 Å². The molecule has 0 bridgehead atoms. The summed E-state index contributed by atoms with van der Waals surface area (Å²) < 4.78 is 32.6. The Hall–Kier alpha value is -1.01. The van der Waals surface area contributed by atoms with Crippen molar-refractivity contribution in [2.24, 2.45) is 0 Å². The average Bonchev–Trinajstić information content (AvgIpc) is 2.77. The van der Waals surface area contributed by atoms with Gasteiger partial charge in [-0.15, -0.1) is 11.6 Å². The molecule has 0 aliphatic rings. The molecule has 7 heteroatoms. The molecule has 19 heavy (non-hydrogen) atoms. The van der Waals surface area contributed by atoms with Gasteiger partial charge < -0.3 is 4.52 Å². The van der Waals surface area contributed by atoms with Crippen molar-refractivity contribution in [3.63, 3.8) is 0 Å². The van der Waals surface area contributed by atoms with Crippen LogP contribution in [-0.4, -0.2) is 10.1 Å². The summed E-state index contributed by atoms with van der Waals surface area (Å²) in [6.45, 7) is 1.96. The predicted octanol–water partition coefficient (Wildman–Crippen LogP) is 4.86. The SMILES string of the molecule is CCCC(Cl)c1noc(-c2c(F)cc(Br)cc2F)n1. The number of hydrogen-bond acceptors (Lipinski definition) is 3. The van der Waals surface area contributed by atoms with Crippen LogP contribution in [0.3, 0.4) is 0 Å². The van der Waals surface area contributed by atoms with Crippen LogP contribution in [0.15, 0.2) is 21.1 Å². The summed E-state index contributed by atoms with van der Waals surface area (Å²) in [5.74, 6) is -1.52. The van der Waals surface area contributed by atoms with Gasteiger partial charge in [-0.1, -0.05) is 34.4 Å². The number of halogens is 4. The minimum atomic E-state index is -0.774. The first-order valence-electron chi connectivity index (χ1n) is 5.65. The van der Waals surface area contributed by atoms with Gasteiger partial charge in [0.25, 0.3) is 5.89 Å². The normalized spacial score (nSPS) is 12.7. The van der Waals surface area contributed by atoms with E-state index in [1.165, 1.54) is 0 Å². The monoisotopic (exact) mass is 350 g/mol. The zero-order chi connectivity index (χ0) is 14.0. The molecule has 102 valence electrons. The number of hydrogen-bond donors (Lipinski definition) is 0. The molecule has 0 saturated heterocycles. The summed E-state index contributed by atoms with van der Waals surface area (Å²) in [7, 11) is 0. The average molecular weight is 352 g/mol. The van der Waals surface area contributed by atoms with E-state index in [0.717, 1.165) is 18.6 Å². The summed E-state index contributed by atoms with van der Waals surface area (Å²) in [5, 5.41) is 3.23. The number of aromatic nitrogens is 2. The molecule has 0 radical (unpaired) electrons. The van der Waals surface area contributed by atoms with E-state index in [1.807, 2.05) is 6.92 Å². The molecule has 0 saturated carbocycles. The highest BCUT2D eigenvalue weighted by Gasteiger charge is 2.21. The Morgan fingerprint density at radius 2 is 2.00 bits per heavy atom. The summed E-state index contributed by atoms with van der Waals surface area (Å²) in [6, 6.07) is 2.26. The van der Waals surface area contributed by atoms with Gasteiger partial charge >= 0.3 is 0 Å². The van der Waals surface area contributed by atoms with E-state index in [1.54, 1.807) is 0 Å². The first-order valence-corrected chi connectivity index (χ1v) is 6.88. The summed E-state index contributed by atoms with van der Waals surface area (Å²) in [6.07, 6.45) is 1.50. The van der Waals surface area contributed by atoms with E-state index < -0.39 is 17.0 Å². The largest absolute Gasteiger partial charge is 0.334 e. The predicted molar refractivity (Wildman–Crippen MR) is 70.9 cm³/mol. The molecule has 0 spiro atoms. The Bertz CT molecular complexity index is 568. The van der Waals surface area contributed by atoms with Crippen molar-refractivity contribution >= 4 is 27.5 Å². The standard InChI is InChI=1S/C12H10BrClF2N2O/c1-2-3-7(14)11-17-12(19-18-11)10-8(15)4-6(13)5-9(10)16/h4-5,7H,2-3H2,1H3. The van der Waals surface area contributed by atoms with Crippen molar-refractivity contribution < 1.29 is 13.3 Å². The molecule has 0 aliphatic heterocycles. The zero-order valence-electron chi connectivity index (χ0n) is 9.96. The van der Waals surface area contributed by atoms with Gasteiger partial charge in [0.05, 0.1) is 5.38 Å². The molecule has 1 aromatic heterocycles. The van der Waals surface area contributed by atoms with E-state index >= 15 is 0 Å². The molecule has 0 fully saturated rings. The first kappa shape index (κ1) is 14.4. The van der Waals surface area contributed by atoms with Gasteiger partial charge in [0.1, 0.15) is 17.2 Å². The van der Waals surface area contributed by atoms with E-state index in [0.29, 0.717) is 10.9 Å². The topological polar surface area (TPSA) is 38.9 Å². The number of benzene rings is 1. The van der Waals surface area contributed by atoms with Gasteiger partial charge in [-0.3, -0.25) is 0 Å². The van der Waals surface area contributed by atoms with Crippen LogP contribution in [0.4, 0.5) is 8.78 Å². The molecule has 1 unspecified atom stereocenters. The highest BCUT2D eigenvalue weighted by molar-refractivity contribution is 9.10. The molecule has 2 rings (SSSR count). The summed E-state index contributed by atoms with van der Waals surface area (Å²) in [4.78, 5) is 3.95. The smallest absolute Gasteiger partial charge is 0.263 e. The van der Waals surface area contributed by atoms with Gasteiger partial charge in [0, 0.05) is 4.47 Å². The van der Waals surface area contributed by atoms with E-state index in [-0.39, 0.29) is 17.3 Å². The Morgan fingerprint density at radius 3 is 2.58 bits per heavy atom. The van der Waals surface area contributed by atoms with Crippen molar-refractivity contribution in [1.82, 2.24) is 10.1 Å². The maximum absolute atomic E-state index is 13.7. The quantitative estimate of drug-likeness (QED) is 0.739. The van der Waals surface area contributed by atoms with Crippen LogP contribution < -0.4 is 0 Å². The molecular weight excluding hydrogens is 341 g/mol. The molecule has 1 aromatic carbocycles. The van der Waals surface area contributed by atoms with Crippen molar-refractivity contribution in [2.75, 3.05) is 0 Å². The zero-order valence-corrected chi connectivity index (χ0v) is 12.3. The first-order chi connectivity index (χ1) is 9.02. The van der Waals surface area contributed by atoms with E-state index in [9.17, 15) is 8.78 Å². The summed E-state index contributed by atoms with van der Waals surface area (Å²) in [5.41, 5.74) is -0.345. The summed E-state index contributed by atoms with van der Waals surface area (Å²) >= 11 is 9.03. The number of alkyl halides is 1. The van der Waals surface area contributed by atoms with E-state index in [2.05, 4.69) is 26.1 Å². The number of nitrogens with zero attached hydrogens (tertiary/aromatic N) is 2. The number of rotatable bonds is 4. The Balaban J connectivity index is 2.38. The van der Waals surface area contributed by atoms with Crippen LogP contribution in [0.5, 0.6) is 0 Å². The van der Waals surface area contributed by atoms with Gasteiger partial charge in [0.2, 0.25) is 0 Å². The minimum Gasteiger partial charge on any atom is -0.334 e. The lowest BCUT2D eigenvalue weighted by Crippen LogP contribution is -1.94. The van der Waals surface area contributed by atoms with Gasteiger partial charge in [0.15, 0.2) is 5.82 Å². The molecule has 3 nitrogen and oxygen atoms in total. The van der Waals surface area contributed by atoms with Crippen molar-refractivity contribution in [1.29, 1.82) is 0 Å². The van der Waals surface area contributed by atoms with Crippen molar-refractivity contribution in [2.45, 2.75) is 25.1 Å². The van der Waals surface area contributed by atoms with Crippen LogP contribution in [0.1, 0.15) is 31.0 Å². The fourth-order valence-electron chi connectivity index (χ4n) is 1.59. The van der Waals surface area contributed by atoms with Crippen LogP contribution in [0.25, 0.3) is 11.5 Å². The molecule has 2 aromatic rings. The Labute approximate surface area is 122 Å². The molecule has 0 amide bonds. The van der Waals surface area contributed by atoms with Crippen LogP contribution in [0.2, 0.25) is 0 Å². The van der Waals surface area contributed by atoms with Crippen LogP contribution in [-0.2, 0) is 0 Å². The van der Waals surface area contributed by atoms with Gasteiger partial charge in [-0.25, -0.2) is 8.78 Å². The van der Waals surface area contributed by atoms with Crippen LogP contribution in [0, 0.1) is 11.6 Å². The molecule has 1 atom stereocenters. The maximum Gasteiger partial charge on any atom is 0.263 e. The van der Waals surface area contributed by atoms with Crippen LogP contribution >= 0.6 is 27.5 Å². The lowest BCUT2D eigenvalue weighted by molar-refractivity contribution is 0.415. The highest BCUT2D eigenvalue weighted by Crippen LogP contribution is 2.30. The molecule has 0 N–H and O–H groups in total. The second-order valence-electron chi connectivity index (χ2n) is 3.96. The fraction of sp³-hybridized carbons (Fsp3) is 0.333. The molecule has 1 heterocycles. The molecular formula is C12H10BrClF2N2O.